The molecule has 0 aromatic rings. The van der Waals surface area contributed by atoms with Gasteiger partial charge in [-0.1, -0.05) is 13.0 Å². The summed E-state index contributed by atoms with van der Waals surface area (Å²) in [5.41, 5.74) is 1.86. The van der Waals surface area contributed by atoms with Crippen LogP contribution >= 0.6 is 0 Å². The molecule has 1 N–H and O–H groups in total. The molecular weight excluding hydrogens is 134 g/mol. The molecule has 0 saturated heterocycles. The number of hydrogen-bond acceptors (Lipinski definition) is 1. The van der Waals surface area contributed by atoms with E-state index in [1.807, 2.05) is 0 Å². The van der Waals surface area contributed by atoms with Crippen molar-refractivity contribution in [2.24, 2.45) is 5.92 Å². The lowest BCUT2D eigenvalue weighted by atomic mass is 9.93. The minimum Gasteiger partial charge on any atom is -0.382 e. The smallest absolute Gasteiger partial charge is 0.0557 e. The molecule has 1 aliphatic carbocycles. The number of allylic oxidation sites excluding steroid dienone is 2. The van der Waals surface area contributed by atoms with Crippen LogP contribution in [0.25, 0.3) is 0 Å². The number of hydrogen-bond donors (Lipinski definition) is 1. The lowest BCUT2D eigenvalue weighted by Gasteiger charge is -2.29. The van der Waals surface area contributed by atoms with Crippen LogP contribution in [0.2, 0.25) is 0 Å². The van der Waals surface area contributed by atoms with Crippen LogP contribution in [0.1, 0.15) is 26.7 Å². The zero-order valence-electron chi connectivity index (χ0n) is 7.22. The molecule has 2 rings (SSSR count). The van der Waals surface area contributed by atoms with Gasteiger partial charge in [-0.2, -0.15) is 0 Å². The molecule has 0 spiro atoms. The first-order valence-electron chi connectivity index (χ1n) is 4.34. The molecule has 1 saturated carbocycles. The zero-order valence-corrected chi connectivity index (χ0v) is 7.22. The summed E-state index contributed by atoms with van der Waals surface area (Å²) < 4.78 is 0. The molecule has 60 valence electrons. The Morgan fingerprint density at radius 2 is 2.45 bits per heavy atom. The molecule has 0 bridgehead atoms. The third-order valence-corrected chi connectivity index (χ3v) is 2.83. The Morgan fingerprint density at radius 3 is 3.18 bits per heavy atom. The van der Waals surface area contributed by atoms with Crippen molar-refractivity contribution >= 4 is 0 Å². The average Bonchev–Trinajstić information content (AvgIpc) is 2.22. The quantitative estimate of drug-likeness (QED) is 0.557. The van der Waals surface area contributed by atoms with Gasteiger partial charge in [-0.05, 0) is 43.5 Å². The number of nitrogens with one attached hydrogen (secondary N) is 1. The van der Waals surface area contributed by atoms with Crippen LogP contribution in [0.4, 0.5) is 0 Å². The normalized spacial score (nSPS) is 41.3. The predicted octanol–water partition coefficient (Wildman–Crippen LogP) is 2.22. The molecule has 0 radical (unpaired) electrons. The Kier molecular flexibility index (Phi) is 1.35. The van der Waals surface area contributed by atoms with Crippen molar-refractivity contribution in [1.82, 2.24) is 5.32 Å². The first-order valence-corrected chi connectivity index (χ1v) is 4.34. The summed E-state index contributed by atoms with van der Waals surface area (Å²) in [4.78, 5) is 0. The standard InChI is InChI=1S/C10H15N/c1-8-6-9-4-3-5-11-10(9,2)7-8/h3-5,8,11H,6-7H2,1-2H3. The molecular formula is C10H15N. The van der Waals surface area contributed by atoms with Crippen LogP contribution in [0.5, 0.6) is 0 Å². The third-order valence-electron chi connectivity index (χ3n) is 2.83. The van der Waals surface area contributed by atoms with Crippen LogP contribution in [-0.2, 0) is 0 Å². The Morgan fingerprint density at radius 1 is 1.64 bits per heavy atom. The highest BCUT2D eigenvalue weighted by Gasteiger charge is 2.37. The van der Waals surface area contributed by atoms with Crippen molar-refractivity contribution in [3.63, 3.8) is 0 Å². The lowest BCUT2D eigenvalue weighted by molar-refractivity contribution is 0.440. The highest BCUT2D eigenvalue weighted by molar-refractivity contribution is 5.32. The van der Waals surface area contributed by atoms with E-state index in [0.29, 0.717) is 0 Å². The van der Waals surface area contributed by atoms with Gasteiger partial charge in [-0.25, -0.2) is 0 Å². The minimum absolute atomic E-state index is 0.286. The Hall–Kier alpha value is -0.720. The van der Waals surface area contributed by atoms with Crippen LogP contribution < -0.4 is 5.32 Å². The molecule has 2 unspecified atom stereocenters. The Labute approximate surface area is 68.2 Å². The topological polar surface area (TPSA) is 12.0 Å². The van der Waals surface area contributed by atoms with Crippen molar-refractivity contribution in [3.05, 3.63) is 23.9 Å². The van der Waals surface area contributed by atoms with Crippen molar-refractivity contribution in [2.75, 3.05) is 0 Å². The summed E-state index contributed by atoms with van der Waals surface area (Å²) >= 11 is 0. The molecule has 1 fully saturated rings. The fourth-order valence-corrected chi connectivity index (χ4v) is 2.30. The molecule has 1 heteroatoms. The van der Waals surface area contributed by atoms with E-state index in [4.69, 9.17) is 0 Å². The van der Waals surface area contributed by atoms with E-state index in [1.165, 1.54) is 12.8 Å². The van der Waals surface area contributed by atoms with E-state index >= 15 is 0 Å². The van der Waals surface area contributed by atoms with E-state index in [9.17, 15) is 0 Å². The van der Waals surface area contributed by atoms with Crippen LogP contribution in [0.3, 0.4) is 0 Å². The molecule has 2 atom stereocenters. The van der Waals surface area contributed by atoms with Crippen molar-refractivity contribution in [1.29, 1.82) is 0 Å². The van der Waals surface area contributed by atoms with Gasteiger partial charge in [0.15, 0.2) is 0 Å². The highest BCUT2D eigenvalue weighted by Crippen LogP contribution is 2.39. The van der Waals surface area contributed by atoms with Crippen LogP contribution in [-0.4, -0.2) is 5.54 Å². The van der Waals surface area contributed by atoms with Gasteiger partial charge in [0, 0.05) is 0 Å². The zero-order chi connectivity index (χ0) is 7.90. The maximum Gasteiger partial charge on any atom is 0.0557 e. The first-order chi connectivity index (χ1) is 5.21. The van der Waals surface area contributed by atoms with Gasteiger partial charge in [0.1, 0.15) is 0 Å². The van der Waals surface area contributed by atoms with E-state index in [0.717, 1.165) is 5.92 Å². The average molecular weight is 149 g/mol. The van der Waals surface area contributed by atoms with E-state index in [1.54, 1.807) is 5.57 Å². The second-order valence-electron chi connectivity index (χ2n) is 4.04. The fourth-order valence-electron chi connectivity index (χ4n) is 2.30. The van der Waals surface area contributed by atoms with Gasteiger partial charge in [0.05, 0.1) is 5.54 Å². The second kappa shape index (κ2) is 2.13. The summed E-state index contributed by atoms with van der Waals surface area (Å²) in [6, 6.07) is 0. The molecule has 2 aliphatic rings. The number of dihydropyridines is 1. The summed E-state index contributed by atoms with van der Waals surface area (Å²) in [5, 5.41) is 3.44. The number of rotatable bonds is 0. The maximum atomic E-state index is 3.44. The molecule has 1 heterocycles. The molecule has 0 amide bonds. The van der Waals surface area contributed by atoms with Crippen molar-refractivity contribution in [3.8, 4) is 0 Å². The SMILES string of the molecule is CC1CC2=CC=CNC2(C)C1. The highest BCUT2D eigenvalue weighted by atomic mass is 15.0. The van der Waals surface area contributed by atoms with Crippen molar-refractivity contribution < 1.29 is 0 Å². The van der Waals surface area contributed by atoms with Gasteiger partial charge in [-0.3, -0.25) is 0 Å². The fraction of sp³-hybridized carbons (Fsp3) is 0.600. The largest absolute Gasteiger partial charge is 0.382 e. The maximum absolute atomic E-state index is 3.44. The molecule has 1 aliphatic heterocycles. The monoisotopic (exact) mass is 149 g/mol. The summed E-state index contributed by atoms with van der Waals surface area (Å²) in [6.45, 7) is 4.62. The lowest BCUT2D eigenvalue weighted by Crippen LogP contribution is -2.39. The summed E-state index contributed by atoms with van der Waals surface area (Å²) in [6.07, 6.45) is 8.98. The predicted molar refractivity (Wildman–Crippen MR) is 47.2 cm³/mol. The number of fused-ring (bicyclic) bond motifs is 1. The van der Waals surface area contributed by atoms with Gasteiger partial charge < -0.3 is 5.32 Å². The van der Waals surface area contributed by atoms with Crippen LogP contribution in [0, 0.1) is 5.92 Å². The van der Waals surface area contributed by atoms with Gasteiger partial charge in [0.25, 0.3) is 0 Å². The molecule has 11 heavy (non-hydrogen) atoms. The van der Waals surface area contributed by atoms with E-state index in [-0.39, 0.29) is 5.54 Å². The summed E-state index contributed by atoms with van der Waals surface area (Å²) in [5.74, 6) is 0.846. The Balaban J connectivity index is 2.30. The first kappa shape index (κ1) is 6.96. The Bertz CT molecular complexity index is 227. The van der Waals surface area contributed by atoms with Gasteiger partial charge >= 0.3 is 0 Å². The van der Waals surface area contributed by atoms with Crippen molar-refractivity contribution in [2.45, 2.75) is 32.2 Å². The summed E-state index contributed by atoms with van der Waals surface area (Å²) in [7, 11) is 0. The van der Waals surface area contributed by atoms with Gasteiger partial charge in [-0.15, -0.1) is 0 Å². The molecule has 1 nitrogen and oxygen atoms in total. The second-order valence-corrected chi connectivity index (χ2v) is 4.04. The minimum atomic E-state index is 0.286. The van der Waals surface area contributed by atoms with Crippen LogP contribution in [0.15, 0.2) is 23.9 Å². The van der Waals surface area contributed by atoms with E-state index in [2.05, 4.69) is 37.5 Å². The third kappa shape index (κ3) is 0.991. The van der Waals surface area contributed by atoms with Gasteiger partial charge in [0.2, 0.25) is 0 Å². The van der Waals surface area contributed by atoms with E-state index < -0.39 is 0 Å². The molecule has 0 aromatic heterocycles. The molecule has 0 aromatic carbocycles.